The first-order valence-corrected chi connectivity index (χ1v) is 18.1. The standard InChI is InChI=1S/C48H32N6O/c1-5-15-33(16-6-1)42-31-54(53-47(49-42)36-21-11-4-12-22-36)37-29-27-32(28-30-37)38-23-13-24-39-40-25-14-26-41(44(40)55-43(38)39)48-51-45(34-17-7-2-8-18-34)50-46(52-48)35-19-9-3-10-20-35/h1-31H,(H,49,53). The summed E-state index contributed by atoms with van der Waals surface area (Å²) >= 11 is 0. The number of nitrogens with one attached hydrogen (secondary N) is 1. The number of hydrogen-bond donors (Lipinski definition) is 1. The maximum absolute atomic E-state index is 6.84. The highest BCUT2D eigenvalue weighted by atomic mass is 16.3. The van der Waals surface area contributed by atoms with E-state index in [0.717, 1.165) is 78.1 Å². The van der Waals surface area contributed by atoms with Crippen LogP contribution in [0.3, 0.4) is 0 Å². The molecule has 0 amide bonds. The normalized spacial score (nSPS) is 12.7. The summed E-state index contributed by atoms with van der Waals surface area (Å²) in [5, 5.41) is 4.05. The van der Waals surface area contributed by atoms with E-state index in [0.29, 0.717) is 17.5 Å². The molecule has 0 radical (unpaired) electrons. The summed E-state index contributed by atoms with van der Waals surface area (Å²) in [6.07, 6.45) is 2.03. The number of furan rings is 1. The minimum atomic E-state index is 0.554. The predicted molar refractivity (Wildman–Crippen MR) is 222 cm³/mol. The Labute approximate surface area is 317 Å². The van der Waals surface area contributed by atoms with Crippen molar-refractivity contribution < 1.29 is 4.42 Å². The van der Waals surface area contributed by atoms with Crippen LogP contribution in [0.25, 0.3) is 72.9 Å². The molecule has 0 unspecified atom stereocenters. The lowest BCUT2D eigenvalue weighted by atomic mass is 10.0. The molecule has 2 aromatic heterocycles. The van der Waals surface area contributed by atoms with Gasteiger partial charge in [-0.25, -0.2) is 19.9 Å². The van der Waals surface area contributed by atoms with Gasteiger partial charge in [0.05, 0.1) is 23.1 Å². The average Bonchev–Trinajstić information content (AvgIpc) is 3.67. The summed E-state index contributed by atoms with van der Waals surface area (Å²) in [5.41, 5.74) is 13.6. The third kappa shape index (κ3) is 6.09. The molecule has 0 atom stereocenters. The molecule has 7 heteroatoms. The second kappa shape index (κ2) is 13.7. The number of aliphatic imine (C=N–C) groups is 1. The molecule has 0 spiro atoms. The molecule has 0 aliphatic carbocycles. The van der Waals surface area contributed by atoms with Crippen LogP contribution in [0.15, 0.2) is 198 Å². The SMILES string of the molecule is C1=C(c2ccccc2)N=C(c2ccccc2)NN1c1ccc(-c2cccc3c2oc2c(-c4nc(-c5ccccc5)nc(-c5ccccc5)n4)cccc23)cc1. The number of fused-ring (bicyclic) bond motifs is 3. The largest absolute Gasteiger partial charge is 0.455 e. The van der Waals surface area contributed by atoms with Crippen molar-refractivity contribution in [2.75, 3.05) is 5.01 Å². The molecule has 260 valence electrons. The van der Waals surface area contributed by atoms with E-state index in [1.54, 1.807) is 0 Å². The first-order valence-electron chi connectivity index (χ1n) is 18.1. The number of para-hydroxylation sites is 2. The van der Waals surface area contributed by atoms with Crippen LogP contribution in [0.4, 0.5) is 5.69 Å². The Balaban J connectivity index is 1.04. The van der Waals surface area contributed by atoms with Gasteiger partial charge >= 0.3 is 0 Å². The number of hydrogen-bond acceptors (Lipinski definition) is 7. The van der Waals surface area contributed by atoms with Gasteiger partial charge in [0.15, 0.2) is 23.3 Å². The lowest BCUT2D eigenvalue weighted by Crippen LogP contribution is -2.41. The van der Waals surface area contributed by atoms with Gasteiger partial charge in [-0.05, 0) is 23.8 Å². The summed E-state index contributed by atoms with van der Waals surface area (Å²) in [7, 11) is 0. The Hall–Kier alpha value is -7.64. The molecule has 3 heterocycles. The Morgan fingerprint density at radius 1 is 0.400 bits per heavy atom. The second-order valence-electron chi connectivity index (χ2n) is 13.2. The molecule has 55 heavy (non-hydrogen) atoms. The lowest BCUT2D eigenvalue weighted by molar-refractivity contribution is 0.670. The van der Waals surface area contributed by atoms with Gasteiger partial charge in [0.25, 0.3) is 0 Å². The van der Waals surface area contributed by atoms with Gasteiger partial charge in [-0.15, -0.1) is 0 Å². The zero-order valence-electron chi connectivity index (χ0n) is 29.5. The molecule has 0 bridgehead atoms. The second-order valence-corrected chi connectivity index (χ2v) is 13.2. The monoisotopic (exact) mass is 708 g/mol. The summed E-state index contributed by atoms with van der Waals surface area (Å²) in [6, 6.07) is 61.4. The quantitative estimate of drug-likeness (QED) is 0.178. The van der Waals surface area contributed by atoms with E-state index < -0.39 is 0 Å². The van der Waals surface area contributed by atoms with Crippen LogP contribution in [0.5, 0.6) is 0 Å². The van der Waals surface area contributed by atoms with Crippen molar-refractivity contribution in [1.29, 1.82) is 0 Å². The molecule has 7 aromatic carbocycles. The van der Waals surface area contributed by atoms with E-state index in [1.165, 1.54) is 0 Å². The maximum atomic E-state index is 6.84. The molecule has 1 aliphatic rings. The molecule has 1 N–H and O–H groups in total. The van der Waals surface area contributed by atoms with E-state index in [2.05, 4.69) is 78.2 Å². The summed E-state index contributed by atoms with van der Waals surface area (Å²) in [4.78, 5) is 19.9. The molecular weight excluding hydrogens is 677 g/mol. The third-order valence-electron chi connectivity index (χ3n) is 9.75. The summed E-state index contributed by atoms with van der Waals surface area (Å²) < 4.78 is 6.84. The zero-order chi connectivity index (χ0) is 36.6. The highest BCUT2D eigenvalue weighted by molar-refractivity contribution is 6.12. The van der Waals surface area contributed by atoms with E-state index in [9.17, 15) is 0 Å². The van der Waals surface area contributed by atoms with Crippen molar-refractivity contribution in [3.8, 4) is 45.3 Å². The Kier molecular flexibility index (Phi) is 8.00. The maximum Gasteiger partial charge on any atom is 0.167 e. The first kappa shape index (κ1) is 32.0. The van der Waals surface area contributed by atoms with Crippen molar-refractivity contribution in [3.63, 3.8) is 0 Å². The summed E-state index contributed by atoms with van der Waals surface area (Å²) in [5.74, 6) is 2.54. The molecule has 10 rings (SSSR count). The van der Waals surface area contributed by atoms with Gasteiger partial charge in [0, 0.05) is 38.6 Å². The number of amidine groups is 1. The number of benzene rings is 7. The van der Waals surface area contributed by atoms with E-state index in [-0.39, 0.29) is 0 Å². The van der Waals surface area contributed by atoms with E-state index in [1.807, 2.05) is 120 Å². The Morgan fingerprint density at radius 2 is 0.891 bits per heavy atom. The number of nitrogens with zero attached hydrogens (tertiary/aromatic N) is 5. The molecule has 7 nitrogen and oxygen atoms in total. The topological polar surface area (TPSA) is 79.4 Å². The van der Waals surface area contributed by atoms with Crippen LogP contribution < -0.4 is 10.4 Å². The molecule has 0 fully saturated rings. The Morgan fingerprint density at radius 3 is 1.47 bits per heavy atom. The van der Waals surface area contributed by atoms with Gasteiger partial charge in [0.1, 0.15) is 11.2 Å². The van der Waals surface area contributed by atoms with Crippen LogP contribution in [0.1, 0.15) is 11.1 Å². The van der Waals surface area contributed by atoms with Crippen LogP contribution in [0.2, 0.25) is 0 Å². The Bertz CT molecular complexity index is 2810. The smallest absolute Gasteiger partial charge is 0.167 e. The van der Waals surface area contributed by atoms with Crippen LogP contribution in [-0.2, 0) is 0 Å². The lowest BCUT2D eigenvalue weighted by Gasteiger charge is -2.28. The average molecular weight is 709 g/mol. The molecule has 1 aliphatic heterocycles. The first-order chi connectivity index (χ1) is 27.2. The van der Waals surface area contributed by atoms with Crippen molar-refractivity contribution in [2.45, 2.75) is 0 Å². The minimum absolute atomic E-state index is 0.554. The highest BCUT2D eigenvalue weighted by Gasteiger charge is 2.21. The summed E-state index contributed by atoms with van der Waals surface area (Å²) in [6.45, 7) is 0. The van der Waals surface area contributed by atoms with Gasteiger partial charge in [0.2, 0.25) is 0 Å². The molecule has 9 aromatic rings. The van der Waals surface area contributed by atoms with Crippen LogP contribution in [-0.4, -0.2) is 20.8 Å². The number of rotatable bonds is 7. The fourth-order valence-electron chi connectivity index (χ4n) is 7.01. The molecule has 0 saturated heterocycles. The van der Waals surface area contributed by atoms with Crippen molar-refractivity contribution in [2.24, 2.45) is 4.99 Å². The van der Waals surface area contributed by atoms with Crippen LogP contribution in [0, 0.1) is 0 Å². The number of aromatic nitrogens is 3. The highest BCUT2D eigenvalue weighted by Crippen LogP contribution is 2.40. The fourth-order valence-corrected chi connectivity index (χ4v) is 7.01. The van der Waals surface area contributed by atoms with E-state index >= 15 is 0 Å². The third-order valence-corrected chi connectivity index (χ3v) is 9.75. The van der Waals surface area contributed by atoms with Gasteiger partial charge in [-0.1, -0.05) is 164 Å². The molecule has 0 saturated carbocycles. The van der Waals surface area contributed by atoms with Crippen LogP contribution >= 0.6 is 0 Å². The number of anilines is 1. The van der Waals surface area contributed by atoms with Crippen molar-refractivity contribution >= 4 is 39.2 Å². The van der Waals surface area contributed by atoms with Gasteiger partial charge in [-0.2, -0.15) is 0 Å². The minimum Gasteiger partial charge on any atom is -0.455 e. The fraction of sp³-hybridized carbons (Fsp3) is 0. The van der Waals surface area contributed by atoms with E-state index in [4.69, 9.17) is 24.4 Å². The molecular formula is C48H32N6O. The zero-order valence-corrected chi connectivity index (χ0v) is 29.5. The van der Waals surface area contributed by atoms with Crippen molar-refractivity contribution in [1.82, 2.24) is 20.4 Å². The van der Waals surface area contributed by atoms with Crippen molar-refractivity contribution in [3.05, 3.63) is 199 Å². The van der Waals surface area contributed by atoms with Gasteiger partial charge in [-0.3, -0.25) is 10.4 Å². The number of hydrazine groups is 1. The van der Waals surface area contributed by atoms with Gasteiger partial charge < -0.3 is 4.42 Å². The predicted octanol–water partition coefficient (Wildman–Crippen LogP) is 11.2.